The van der Waals surface area contributed by atoms with Crippen LogP contribution in [0.15, 0.2) is 150 Å². The van der Waals surface area contributed by atoms with Crippen LogP contribution in [0.2, 0.25) is 0 Å². The molecule has 0 unspecified atom stereocenters. The Labute approximate surface area is 248 Å². The molecule has 9 aromatic rings. The van der Waals surface area contributed by atoms with Crippen molar-refractivity contribution in [2.75, 3.05) is 0 Å². The molecule has 3 nitrogen and oxygen atoms in total. The predicted octanol–water partition coefficient (Wildman–Crippen LogP) is 10.8. The molecule has 0 amide bonds. The minimum atomic E-state index is 0.697. The van der Waals surface area contributed by atoms with Crippen molar-refractivity contribution in [3.05, 3.63) is 146 Å². The quantitative estimate of drug-likeness (QED) is 0.205. The van der Waals surface area contributed by atoms with E-state index < -0.39 is 0 Å². The third-order valence-corrected chi connectivity index (χ3v) is 8.43. The summed E-state index contributed by atoms with van der Waals surface area (Å²) in [4.78, 5) is 10.1. The molecule has 3 heteroatoms. The van der Waals surface area contributed by atoms with Crippen molar-refractivity contribution >= 4 is 43.5 Å². The Kier molecular flexibility index (Phi) is 5.20. The highest BCUT2D eigenvalue weighted by Gasteiger charge is 2.19. The van der Waals surface area contributed by atoms with Gasteiger partial charge in [-0.3, -0.25) is 0 Å². The topological polar surface area (TPSA) is 38.9 Å². The third-order valence-electron chi connectivity index (χ3n) is 8.43. The summed E-state index contributed by atoms with van der Waals surface area (Å²) in [7, 11) is 0. The maximum atomic E-state index is 6.47. The van der Waals surface area contributed by atoms with Crippen LogP contribution in [0, 0.1) is 0 Å². The summed E-state index contributed by atoms with van der Waals surface area (Å²) in [5, 5.41) is 7.31. The minimum absolute atomic E-state index is 0.697. The zero-order valence-electron chi connectivity index (χ0n) is 23.2. The molecule has 0 saturated carbocycles. The van der Waals surface area contributed by atoms with E-state index in [1.54, 1.807) is 0 Å². The van der Waals surface area contributed by atoms with Gasteiger partial charge in [-0.1, -0.05) is 115 Å². The van der Waals surface area contributed by atoms with Crippen LogP contribution in [0.5, 0.6) is 0 Å². The lowest BCUT2D eigenvalue weighted by Gasteiger charge is -2.12. The van der Waals surface area contributed by atoms with Gasteiger partial charge in [0.05, 0.1) is 11.4 Å². The summed E-state index contributed by atoms with van der Waals surface area (Å²) in [6.07, 6.45) is 0. The number of nitrogens with zero attached hydrogens (tertiary/aromatic N) is 2. The molecular formula is C40H24N2O. The van der Waals surface area contributed by atoms with Gasteiger partial charge in [0.25, 0.3) is 0 Å². The smallest absolute Gasteiger partial charge is 0.160 e. The van der Waals surface area contributed by atoms with E-state index >= 15 is 0 Å². The van der Waals surface area contributed by atoms with Gasteiger partial charge in [0.1, 0.15) is 11.2 Å². The van der Waals surface area contributed by atoms with Gasteiger partial charge in [0, 0.05) is 27.5 Å². The summed E-state index contributed by atoms with van der Waals surface area (Å²) < 4.78 is 6.47. The van der Waals surface area contributed by atoms with E-state index in [1.165, 1.54) is 32.3 Å². The molecule has 2 aromatic heterocycles. The van der Waals surface area contributed by atoms with Crippen LogP contribution in [0.4, 0.5) is 0 Å². The number of hydrogen-bond donors (Lipinski definition) is 0. The van der Waals surface area contributed by atoms with Crippen LogP contribution < -0.4 is 0 Å². The van der Waals surface area contributed by atoms with Crippen LogP contribution in [0.3, 0.4) is 0 Å². The maximum absolute atomic E-state index is 6.47. The average molecular weight is 549 g/mol. The molecule has 0 aliphatic carbocycles. The number of rotatable bonds is 4. The van der Waals surface area contributed by atoms with Gasteiger partial charge in [0.15, 0.2) is 5.82 Å². The van der Waals surface area contributed by atoms with Gasteiger partial charge in [0.2, 0.25) is 0 Å². The molecule has 200 valence electrons. The van der Waals surface area contributed by atoms with Crippen molar-refractivity contribution in [3.63, 3.8) is 0 Å². The molecule has 0 N–H and O–H groups in total. The first-order valence-corrected chi connectivity index (χ1v) is 14.5. The second kappa shape index (κ2) is 9.37. The fraction of sp³-hybridized carbons (Fsp3) is 0. The molecule has 0 bridgehead atoms. The standard InChI is InChI=1S/C40H24N2O/c1-3-11-25(12-4-1)34-24-35(26-13-5-2-6-14-26)42-40(41-34)28-16-9-15-27(21-28)29-22-33-31-18-8-7-17-30(31)32-19-10-20-36-38(32)39(33)37(23-29)43-36/h1-24H. The zero-order chi connectivity index (χ0) is 28.3. The Bertz CT molecular complexity index is 2380. The lowest BCUT2D eigenvalue weighted by atomic mass is 9.92. The summed E-state index contributed by atoms with van der Waals surface area (Å²) >= 11 is 0. The highest BCUT2D eigenvalue weighted by Crippen LogP contribution is 2.44. The largest absolute Gasteiger partial charge is 0.456 e. The van der Waals surface area contributed by atoms with Gasteiger partial charge >= 0.3 is 0 Å². The lowest BCUT2D eigenvalue weighted by Crippen LogP contribution is -1.96. The fourth-order valence-corrected chi connectivity index (χ4v) is 6.43. The lowest BCUT2D eigenvalue weighted by molar-refractivity contribution is 0.669. The summed E-state index contributed by atoms with van der Waals surface area (Å²) in [6.45, 7) is 0. The first kappa shape index (κ1) is 23.9. The van der Waals surface area contributed by atoms with E-state index in [0.717, 1.165) is 50.4 Å². The van der Waals surface area contributed by atoms with Crippen LogP contribution >= 0.6 is 0 Å². The summed E-state index contributed by atoms with van der Waals surface area (Å²) in [5.41, 5.74) is 8.91. The minimum Gasteiger partial charge on any atom is -0.456 e. The van der Waals surface area contributed by atoms with E-state index in [2.05, 4.69) is 109 Å². The monoisotopic (exact) mass is 548 g/mol. The van der Waals surface area contributed by atoms with E-state index in [9.17, 15) is 0 Å². The number of hydrogen-bond acceptors (Lipinski definition) is 3. The van der Waals surface area contributed by atoms with Gasteiger partial charge in [-0.25, -0.2) is 9.97 Å². The molecule has 9 rings (SSSR count). The van der Waals surface area contributed by atoms with Crippen molar-refractivity contribution in [3.8, 4) is 45.0 Å². The molecule has 0 radical (unpaired) electrons. The Morgan fingerprint density at radius 2 is 0.907 bits per heavy atom. The molecule has 7 aromatic carbocycles. The first-order chi connectivity index (χ1) is 21.3. The number of benzene rings is 7. The summed E-state index contributed by atoms with van der Waals surface area (Å²) in [6, 6.07) is 50.7. The molecular weight excluding hydrogens is 524 g/mol. The van der Waals surface area contributed by atoms with Crippen LogP contribution in [0.1, 0.15) is 0 Å². The molecule has 43 heavy (non-hydrogen) atoms. The second-order valence-electron chi connectivity index (χ2n) is 11.0. The Hall–Kier alpha value is -5.80. The van der Waals surface area contributed by atoms with E-state index in [-0.39, 0.29) is 0 Å². The molecule has 0 aliphatic heterocycles. The number of furan rings is 1. The van der Waals surface area contributed by atoms with Crippen LogP contribution in [-0.2, 0) is 0 Å². The molecule has 0 saturated heterocycles. The average Bonchev–Trinajstić information content (AvgIpc) is 3.47. The molecule has 0 aliphatic rings. The Balaban J connectivity index is 1.25. The first-order valence-electron chi connectivity index (χ1n) is 14.5. The third kappa shape index (κ3) is 3.83. The van der Waals surface area contributed by atoms with Crippen molar-refractivity contribution in [1.29, 1.82) is 0 Å². The van der Waals surface area contributed by atoms with Crippen LogP contribution in [0.25, 0.3) is 88.5 Å². The van der Waals surface area contributed by atoms with Gasteiger partial charge in [-0.05, 0) is 63.0 Å². The van der Waals surface area contributed by atoms with Crippen LogP contribution in [-0.4, -0.2) is 9.97 Å². The number of fused-ring (bicyclic) bond motifs is 3. The van der Waals surface area contributed by atoms with E-state index in [4.69, 9.17) is 14.4 Å². The predicted molar refractivity (Wildman–Crippen MR) is 177 cm³/mol. The SMILES string of the molecule is c1ccc(-c2cc(-c3ccccc3)nc(-c3cccc(-c4cc5oc6cccc7c8ccccc8c(c4)c5c67)c3)n2)cc1. The van der Waals surface area contributed by atoms with Crippen molar-refractivity contribution < 1.29 is 4.42 Å². The van der Waals surface area contributed by atoms with Gasteiger partial charge < -0.3 is 4.42 Å². The normalized spacial score (nSPS) is 11.7. The van der Waals surface area contributed by atoms with E-state index in [0.29, 0.717) is 5.82 Å². The second-order valence-corrected chi connectivity index (χ2v) is 11.0. The molecule has 0 atom stereocenters. The maximum Gasteiger partial charge on any atom is 0.160 e. The molecule has 0 fully saturated rings. The van der Waals surface area contributed by atoms with E-state index in [1.807, 2.05) is 36.4 Å². The fourth-order valence-electron chi connectivity index (χ4n) is 6.43. The van der Waals surface area contributed by atoms with Gasteiger partial charge in [-0.15, -0.1) is 0 Å². The Morgan fingerprint density at radius 3 is 1.63 bits per heavy atom. The van der Waals surface area contributed by atoms with Crippen molar-refractivity contribution in [1.82, 2.24) is 9.97 Å². The molecule has 2 heterocycles. The van der Waals surface area contributed by atoms with Crippen molar-refractivity contribution in [2.45, 2.75) is 0 Å². The summed E-state index contributed by atoms with van der Waals surface area (Å²) in [5.74, 6) is 0.697. The van der Waals surface area contributed by atoms with Gasteiger partial charge in [-0.2, -0.15) is 0 Å². The highest BCUT2D eigenvalue weighted by atomic mass is 16.3. The zero-order valence-corrected chi connectivity index (χ0v) is 23.2. The molecule has 0 spiro atoms. The van der Waals surface area contributed by atoms with Crippen molar-refractivity contribution in [2.24, 2.45) is 0 Å². The highest BCUT2D eigenvalue weighted by molar-refractivity contribution is 6.33. The Morgan fingerprint density at radius 1 is 0.349 bits per heavy atom. The number of aromatic nitrogens is 2.